The zero-order valence-corrected chi connectivity index (χ0v) is 28.2. The molecule has 1 aliphatic carbocycles. The standard InChI is InChI=1S/C35H33ClF4N8O4/c36-24-7-5-23(6-8-24)34(15-16-34)47-32-44-31(45-33(46-32)52-20-35(38,39)40)43-27-11-3-22(4-12-27)28(49)41-18-21-2-1-17-48(19-21)30(51)29(50)42-26-13-9-25(37)10-14-26/h3-14,21H,1-2,15-20H2,(H,41,49)(H,42,50)(H2,43,44,45,46,47). The fourth-order valence-electron chi connectivity index (χ4n) is 5.72. The van der Waals surface area contributed by atoms with Crippen LogP contribution in [0.15, 0.2) is 72.8 Å². The van der Waals surface area contributed by atoms with Gasteiger partial charge in [0.1, 0.15) is 5.82 Å². The number of aromatic nitrogens is 3. The van der Waals surface area contributed by atoms with Gasteiger partial charge in [0.2, 0.25) is 11.9 Å². The van der Waals surface area contributed by atoms with Crippen LogP contribution < -0.4 is 26.0 Å². The smallest absolute Gasteiger partial charge is 0.422 e. The number of amides is 3. The Labute approximate surface area is 300 Å². The van der Waals surface area contributed by atoms with E-state index in [0.29, 0.717) is 34.9 Å². The number of piperidine rings is 1. The molecule has 2 aliphatic rings. The Kier molecular flexibility index (Phi) is 10.7. The molecule has 12 nitrogen and oxygen atoms in total. The number of likely N-dealkylation sites (tertiary alicyclic amines) is 1. The molecule has 272 valence electrons. The van der Waals surface area contributed by atoms with E-state index in [-0.39, 0.29) is 36.8 Å². The van der Waals surface area contributed by atoms with Gasteiger partial charge in [0, 0.05) is 41.6 Å². The summed E-state index contributed by atoms with van der Waals surface area (Å²) in [4.78, 5) is 52.0. The second-order valence-electron chi connectivity index (χ2n) is 12.5. The molecule has 17 heteroatoms. The molecule has 2 heterocycles. The lowest BCUT2D eigenvalue weighted by molar-refractivity contribution is -0.154. The molecule has 1 aromatic heterocycles. The number of halogens is 5. The predicted octanol–water partition coefficient (Wildman–Crippen LogP) is 6.06. The summed E-state index contributed by atoms with van der Waals surface area (Å²) in [5, 5.41) is 12.0. The van der Waals surface area contributed by atoms with Crippen molar-refractivity contribution >= 4 is 52.6 Å². The third-order valence-corrected chi connectivity index (χ3v) is 8.79. The van der Waals surface area contributed by atoms with Crippen molar-refractivity contribution in [2.75, 3.05) is 42.2 Å². The maximum Gasteiger partial charge on any atom is 0.422 e. The minimum Gasteiger partial charge on any atom is -0.454 e. The Hall–Kier alpha value is -5.51. The van der Waals surface area contributed by atoms with Crippen molar-refractivity contribution in [2.24, 2.45) is 5.92 Å². The van der Waals surface area contributed by atoms with Gasteiger partial charge in [0.25, 0.3) is 5.91 Å². The Morgan fingerprint density at radius 3 is 2.25 bits per heavy atom. The largest absolute Gasteiger partial charge is 0.454 e. The summed E-state index contributed by atoms with van der Waals surface area (Å²) < 4.78 is 56.8. The molecular formula is C35H33ClF4N8O4. The normalized spacial score (nSPS) is 16.4. The average molecular weight is 741 g/mol. The van der Waals surface area contributed by atoms with Crippen molar-refractivity contribution in [3.05, 3.63) is 94.8 Å². The van der Waals surface area contributed by atoms with Crippen LogP contribution in [0.25, 0.3) is 0 Å². The van der Waals surface area contributed by atoms with E-state index in [1.807, 2.05) is 12.1 Å². The van der Waals surface area contributed by atoms with E-state index in [1.165, 1.54) is 29.2 Å². The van der Waals surface area contributed by atoms with Crippen LogP contribution in [0.2, 0.25) is 5.02 Å². The molecule has 3 amide bonds. The van der Waals surface area contributed by atoms with Crippen LogP contribution in [0, 0.1) is 11.7 Å². The van der Waals surface area contributed by atoms with Crippen LogP contribution in [0.3, 0.4) is 0 Å². The van der Waals surface area contributed by atoms with Gasteiger partial charge in [-0.05, 0) is 97.8 Å². The van der Waals surface area contributed by atoms with Gasteiger partial charge in [-0.3, -0.25) is 14.4 Å². The summed E-state index contributed by atoms with van der Waals surface area (Å²) in [6.07, 6.45) is -1.75. The van der Waals surface area contributed by atoms with E-state index >= 15 is 0 Å². The molecule has 4 N–H and O–H groups in total. The molecule has 0 spiro atoms. The van der Waals surface area contributed by atoms with Crippen molar-refractivity contribution in [3.63, 3.8) is 0 Å². The number of hydrogen-bond donors (Lipinski definition) is 4. The molecule has 1 saturated carbocycles. The third kappa shape index (κ3) is 9.63. The number of benzene rings is 3. The minimum atomic E-state index is -4.61. The first-order valence-electron chi connectivity index (χ1n) is 16.4. The number of carbonyl (C=O) groups is 3. The first kappa shape index (κ1) is 36.3. The Morgan fingerprint density at radius 1 is 0.904 bits per heavy atom. The number of anilines is 4. The van der Waals surface area contributed by atoms with Crippen LogP contribution in [0.1, 0.15) is 41.6 Å². The fourth-order valence-corrected chi connectivity index (χ4v) is 5.85. The lowest BCUT2D eigenvalue weighted by Crippen LogP contribution is -2.47. The fraction of sp³-hybridized carbons (Fsp3) is 0.314. The topological polar surface area (TPSA) is 150 Å². The van der Waals surface area contributed by atoms with Gasteiger partial charge < -0.3 is 30.9 Å². The van der Waals surface area contributed by atoms with Crippen molar-refractivity contribution in [3.8, 4) is 6.01 Å². The number of nitrogens with one attached hydrogen (secondary N) is 4. The molecule has 1 saturated heterocycles. The zero-order valence-electron chi connectivity index (χ0n) is 27.5. The molecule has 3 aromatic carbocycles. The summed E-state index contributed by atoms with van der Waals surface area (Å²) in [5.74, 6) is -2.53. The second kappa shape index (κ2) is 15.4. The SMILES string of the molecule is O=C(Nc1ccc(F)cc1)C(=O)N1CCCC(CNC(=O)c2ccc(Nc3nc(NC4(c5ccc(Cl)cc5)CC4)nc(OCC(F)(F)F)n3)cc2)C1. The summed E-state index contributed by atoms with van der Waals surface area (Å²) in [5.41, 5.74) is 1.46. The second-order valence-corrected chi connectivity index (χ2v) is 13.0. The van der Waals surface area contributed by atoms with Crippen LogP contribution in [0.5, 0.6) is 6.01 Å². The van der Waals surface area contributed by atoms with Gasteiger partial charge in [-0.2, -0.15) is 28.1 Å². The van der Waals surface area contributed by atoms with Crippen molar-refractivity contribution in [2.45, 2.75) is 37.4 Å². The van der Waals surface area contributed by atoms with E-state index in [4.69, 9.17) is 16.3 Å². The highest BCUT2D eigenvalue weighted by molar-refractivity contribution is 6.39. The van der Waals surface area contributed by atoms with E-state index in [9.17, 15) is 31.9 Å². The zero-order chi connectivity index (χ0) is 36.9. The number of rotatable bonds is 11. The number of alkyl halides is 3. The summed E-state index contributed by atoms with van der Waals surface area (Å²) in [6, 6.07) is 18.0. The predicted molar refractivity (Wildman–Crippen MR) is 184 cm³/mol. The van der Waals surface area contributed by atoms with Crippen LogP contribution in [-0.2, 0) is 15.1 Å². The summed E-state index contributed by atoms with van der Waals surface area (Å²) in [6.45, 7) is -0.658. The maximum atomic E-state index is 13.2. The molecule has 1 unspecified atom stereocenters. The molecule has 0 radical (unpaired) electrons. The molecule has 0 bridgehead atoms. The monoisotopic (exact) mass is 740 g/mol. The first-order chi connectivity index (χ1) is 24.8. The molecule has 6 rings (SSSR count). The van der Waals surface area contributed by atoms with E-state index < -0.39 is 42.0 Å². The number of nitrogens with zero attached hydrogens (tertiary/aromatic N) is 4. The Bertz CT molecular complexity index is 1910. The van der Waals surface area contributed by atoms with Crippen molar-refractivity contribution in [1.82, 2.24) is 25.2 Å². The van der Waals surface area contributed by atoms with Gasteiger partial charge in [-0.25, -0.2) is 4.39 Å². The van der Waals surface area contributed by atoms with E-state index in [1.54, 1.807) is 36.4 Å². The van der Waals surface area contributed by atoms with Gasteiger partial charge in [-0.15, -0.1) is 0 Å². The number of carbonyl (C=O) groups excluding carboxylic acids is 3. The average Bonchev–Trinajstić information content (AvgIpc) is 3.91. The lowest BCUT2D eigenvalue weighted by Gasteiger charge is -2.32. The Morgan fingerprint density at radius 2 is 1.58 bits per heavy atom. The highest BCUT2D eigenvalue weighted by Crippen LogP contribution is 2.48. The maximum absolute atomic E-state index is 13.2. The number of hydrogen-bond acceptors (Lipinski definition) is 9. The van der Waals surface area contributed by atoms with Crippen LogP contribution >= 0.6 is 11.6 Å². The Balaban J connectivity index is 1.05. The van der Waals surface area contributed by atoms with Crippen molar-refractivity contribution < 1.29 is 36.7 Å². The van der Waals surface area contributed by atoms with E-state index in [0.717, 1.165) is 24.8 Å². The molecule has 1 atom stereocenters. The van der Waals surface area contributed by atoms with Gasteiger partial charge in [-0.1, -0.05) is 23.7 Å². The van der Waals surface area contributed by atoms with Crippen molar-refractivity contribution in [1.29, 1.82) is 0 Å². The molecule has 4 aromatic rings. The van der Waals surface area contributed by atoms with E-state index in [2.05, 4.69) is 36.2 Å². The minimum absolute atomic E-state index is 0.00890. The quantitative estimate of drug-likeness (QED) is 0.106. The lowest BCUT2D eigenvalue weighted by atomic mass is 9.97. The van der Waals surface area contributed by atoms with Crippen LogP contribution in [-0.4, -0.2) is 70.0 Å². The highest BCUT2D eigenvalue weighted by atomic mass is 35.5. The highest BCUT2D eigenvalue weighted by Gasteiger charge is 2.45. The molecule has 1 aliphatic heterocycles. The summed E-state index contributed by atoms with van der Waals surface area (Å²) >= 11 is 6.03. The summed E-state index contributed by atoms with van der Waals surface area (Å²) in [7, 11) is 0. The van der Waals surface area contributed by atoms with Gasteiger partial charge >= 0.3 is 24.0 Å². The third-order valence-electron chi connectivity index (χ3n) is 8.53. The van der Waals surface area contributed by atoms with Gasteiger partial charge in [0.05, 0.1) is 5.54 Å². The first-order valence-corrected chi connectivity index (χ1v) is 16.7. The molecule has 2 fully saturated rings. The van der Waals surface area contributed by atoms with Crippen LogP contribution in [0.4, 0.5) is 40.8 Å². The molecule has 52 heavy (non-hydrogen) atoms. The van der Waals surface area contributed by atoms with Gasteiger partial charge in [0.15, 0.2) is 6.61 Å². The molecular weight excluding hydrogens is 708 g/mol. The number of ether oxygens (including phenoxy) is 1.